The molecule has 0 saturated heterocycles. The van der Waals surface area contributed by atoms with Crippen LogP contribution in [0.1, 0.15) is 24.5 Å². The van der Waals surface area contributed by atoms with Gasteiger partial charge in [0.25, 0.3) is 9.05 Å². The Kier molecular flexibility index (Phi) is 3.64. The Labute approximate surface area is 111 Å². The molecule has 0 N–H and O–H groups in total. The molecule has 0 unspecified atom stereocenters. The molecule has 6 heteroatoms. The fraction of sp³-hybridized carbons (Fsp3) is 0.417. The molecule has 0 saturated carbocycles. The highest BCUT2D eigenvalue weighted by Gasteiger charge is 2.21. The molecule has 0 aliphatic carbocycles. The minimum atomic E-state index is -3.71. The van der Waals surface area contributed by atoms with Gasteiger partial charge in [0.15, 0.2) is 0 Å². The van der Waals surface area contributed by atoms with Gasteiger partial charge in [0.2, 0.25) is 5.91 Å². The van der Waals surface area contributed by atoms with Crippen LogP contribution in [-0.4, -0.2) is 25.8 Å². The van der Waals surface area contributed by atoms with Crippen molar-refractivity contribution in [1.82, 2.24) is 4.90 Å². The van der Waals surface area contributed by atoms with E-state index in [0.29, 0.717) is 19.5 Å². The zero-order valence-electron chi connectivity index (χ0n) is 10.0. The third-order valence-electron chi connectivity index (χ3n) is 3.13. The van der Waals surface area contributed by atoms with E-state index in [9.17, 15) is 13.2 Å². The van der Waals surface area contributed by atoms with Crippen LogP contribution in [0.4, 0.5) is 0 Å². The van der Waals surface area contributed by atoms with Gasteiger partial charge in [0.05, 0.1) is 4.90 Å². The molecule has 18 heavy (non-hydrogen) atoms. The van der Waals surface area contributed by atoms with Crippen LogP contribution in [-0.2, 0) is 26.8 Å². The van der Waals surface area contributed by atoms with Gasteiger partial charge < -0.3 is 4.90 Å². The average Bonchev–Trinajstić information content (AvgIpc) is 2.35. The Morgan fingerprint density at radius 3 is 2.72 bits per heavy atom. The van der Waals surface area contributed by atoms with E-state index in [4.69, 9.17) is 10.7 Å². The lowest BCUT2D eigenvalue weighted by Crippen LogP contribution is -2.35. The minimum absolute atomic E-state index is 0.0831. The van der Waals surface area contributed by atoms with Crippen molar-refractivity contribution in [1.29, 1.82) is 0 Å². The summed E-state index contributed by atoms with van der Waals surface area (Å²) in [5.41, 5.74) is 1.95. The van der Waals surface area contributed by atoms with E-state index in [1.807, 2.05) is 6.92 Å². The highest BCUT2D eigenvalue weighted by atomic mass is 35.7. The molecule has 0 atom stereocenters. The summed E-state index contributed by atoms with van der Waals surface area (Å²) in [6.07, 6.45) is 1.21. The second-order valence-electron chi connectivity index (χ2n) is 4.29. The summed E-state index contributed by atoms with van der Waals surface area (Å²) in [6, 6.07) is 4.85. The highest BCUT2D eigenvalue weighted by molar-refractivity contribution is 8.13. The summed E-state index contributed by atoms with van der Waals surface area (Å²) in [6.45, 7) is 2.96. The topological polar surface area (TPSA) is 54.5 Å². The van der Waals surface area contributed by atoms with Crippen LogP contribution in [0.5, 0.6) is 0 Å². The molecule has 1 aromatic rings. The van der Waals surface area contributed by atoms with E-state index in [1.165, 1.54) is 6.07 Å². The molecule has 4 nitrogen and oxygen atoms in total. The maximum atomic E-state index is 11.6. The molecule has 98 valence electrons. The van der Waals surface area contributed by atoms with Crippen LogP contribution < -0.4 is 0 Å². The standard InChI is InChI=1S/C12H14ClNO3S/c1-2-12(15)14-6-5-9-3-4-11(18(13,16)17)7-10(9)8-14/h3-4,7H,2,5-6,8H2,1H3. The predicted octanol–water partition coefficient (Wildman–Crippen LogP) is 1.91. The van der Waals surface area contributed by atoms with Gasteiger partial charge in [0.1, 0.15) is 0 Å². The molecule has 2 rings (SSSR count). The maximum absolute atomic E-state index is 11.6. The fourth-order valence-corrected chi connectivity index (χ4v) is 2.92. The van der Waals surface area contributed by atoms with E-state index in [-0.39, 0.29) is 10.8 Å². The third kappa shape index (κ3) is 2.67. The molecule has 1 aliphatic heterocycles. The van der Waals surface area contributed by atoms with Gasteiger partial charge in [-0.1, -0.05) is 13.0 Å². The van der Waals surface area contributed by atoms with E-state index in [0.717, 1.165) is 17.5 Å². The first-order valence-electron chi connectivity index (χ1n) is 5.76. The summed E-state index contributed by atoms with van der Waals surface area (Å²) < 4.78 is 22.6. The number of carbonyl (C=O) groups excluding carboxylic acids is 1. The van der Waals surface area contributed by atoms with Crippen LogP contribution in [0.2, 0.25) is 0 Å². The number of rotatable bonds is 2. The van der Waals surface area contributed by atoms with E-state index < -0.39 is 9.05 Å². The molecule has 0 aromatic heterocycles. The lowest BCUT2D eigenvalue weighted by Gasteiger charge is -2.28. The third-order valence-corrected chi connectivity index (χ3v) is 4.48. The maximum Gasteiger partial charge on any atom is 0.261 e. The Bertz CT molecular complexity index is 583. The molecular formula is C12H14ClNO3S. The highest BCUT2D eigenvalue weighted by Crippen LogP contribution is 2.24. The van der Waals surface area contributed by atoms with Gasteiger partial charge >= 0.3 is 0 Å². The first-order chi connectivity index (χ1) is 8.41. The number of benzene rings is 1. The molecule has 0 bridgehead atoms. The number of fused-ring (bicyclic) bond motifs is 1. The van der Waals surface area contributed by atoms with Gasteiger partial charge in [0, 0.05) is 30.2 Å². The summed E-state index contributed by atoms with van der Waals surface area (Å²) in [5.74, 6) is 0.0831. The van der Waals surface area contributed by atoms with E-state index in [2.05, 4.69) is 0 Å². The SMILES string of the molecule is CCC(=O)N1CCc2ccc(S(=O)(=O)Cl)cc2C1. The number of hydrogen-bond donors (Lipinski definition) is 0. The van der Waals surface area contributed by atoms with E-state index >= 15 is 0 Å². The molecule has 1 heterocycles. The van der Waals surface area contributed by atoms with Crippen LogP contribution in [0, 0.1) is 0 Å². The molecule has 0 spiro atoms. The summed E-state index contributed by atoms with van der Waals surface area (Å²) in [7, 11) is 1.61. The number of nitrogens with zero attached hydrogens (tertiary/aromatic N) is 1. The zero-order valence-corrected chi connectivity index (χ0v) is 11.6. The monoisotopic (exact) mass is 287 g/mol. The van der Waals surface area contributed by atoms with Gasteiger partial charge in [-0.15, -0.1) is 0 Å². The Hall–Kier alpha value is -1.07. The molecular weight excluding hydrogens is 274 g/mol. The summed E-state index contributed by atoms with van der Waals surface area (Å²) in [4.78, 5) is 13.5. The van der Waals surface area contributed by atoms with Crippen molar-refractivity contribution in [3.05, 3.63) is 29.3 Å². The van der Waals surface area contributed by atoms with Crippen molar-refractivity contribution in [3.8, 4) is 0 Å². The number of halogens is 1. The molecule has 0 radical (unpaired) electrons. The first-order valence-corrected chi connectivity index (χ1v) is 8.07. The zero-order chi connectivity index (χ0) is 13.3. The van der Waals surface area contributed by atoms with Crippen molar-refractivity contribution in [2.75, 3.05) is 6.54 Å². The van der Waals surface area contributed by atoms with Gasteiger partial charge in [-0.25, -0.2) is 8.42 Å². The fourth-order valence-electron chi connectivity index (χ4n) is 2.12. The number of amides is 1. The van der Waals surface area contributed by atoms with E-state index in [1.54, 1.807) is 17.0 Å². The summed E-state index contributed by atoms with van der Waals surface area (Å²) >= 11 is 0. The molecule has 1 aromatic carbocycles. The first kappa shape index (κ1) is 13.4. The van der Waals surface area contributed by atoms with Crippen molar-refractivity contribution < 1.29 is 13.2 Å². The van der Waals surface area contributed by atoms with Crippen LogP contribution in [0.25, 0.3) is 0 Å². The van der Waals surface area contributed by atoms with Crippen LogP contribution in [0.15, 0.2) is 23.1 Å². The van der Waals surface area contributed by atoms with Gasteiger partial charge in [-0.3, -0.25) is 4.79 Å². The number of carbonyl (C=O) groups is 1. The van der Waals surface area contributed by atoms with Crippen LogP contribution >= 0.6 is 10.7 Å². The molecule has 0 fully saturated rings. The Morgan fingerprint density at radius 2 is 2.11 bits per heavy atom. The minimum Gasteiger partial charge on any atom is -0.338 e. The van der Waals surface area contributed by atoms with Crippen molar-refractivity contribution in [2.45, 2.75) is 31.2 Å². The number of hydrogen-bond acceptors (Lipinski definition) is 3. The molecule has 1 aliphatic rings. The lowest BCUT2D eigenvalue weighted by molar-refractivity contribution is -0.131. The van der Waals surface area contributed by atoms with Crippen molar-refractivity contribution in [2.24, 2.45) is 0 Å². The quantitative estimate of drug-likeness (QED) is 0.781. The van der Waals surface area contributed by atoms with Crippen molar-refractivity contribution in [3.63, 3.8) is 0 Å². The predicted molar refractivity (Wildman–Crippen MR) is 68.9 cm³/mol. The summed E-state index contributed by atoms with van der Waals surface area (Å²) in [5, 5.41) is 0. The van der Waals surface area contributed by atoms with Gasteiger partial charge in [-0.05, 0) is 29.7 Å². The largest absolute Gasteiger partial charge is 0.338 e. The molecule has 1 amide bonds. The van der Waals surface area contributed by atoms with Gasteiger partial charge in [-0.2, -0.15) is 0 Å². The van der Waals surface area contributed by atoms with Crippen molar-refractivity contribution >= 4 is 25.6 Å². The average molecular weight is 288 g/mol. The van der Waals surface area contributed by atoms with Crippen LogP contribution in [0.3, 0.4) is 0 Å². The Balaban J connectivity index is 2.33. The second kappa shape index (κ2) is 4.90. The second-order valence-corrected chi connectivity index (χ2v) is 6.85. The normalized spacial score (nSPS) is 15.3. The Morgan fingerprint density at radius 1 is 1.39 bits per heavy atom. The lowest BCUT2D eigenvalue weighted by atomic mass is 10.00. The smallest absolute Gasteiger partial charge is 0.261 e.